The molecule has 0 bridgehead atoms. The Labute approximate surface area is 124 Å². The Morgan fingerprint density at radius 3 is 2.43 bits per heavy atom. The van der Waals surface area contributed by atoms with Crippen LogP contribution in [0.3, 0.4) is 0 Å². The van der Waals surface area contributed by atoms with E-state index in [1.807, 2.05) is 6.92 Å². The molecule has 0 heterocycles. The predicted octanol–water partition coefficient (Wildman–Crippen LogP) is 2.63. The summed E-state index contributed by atoms with van der Waals surface area (Å²) in [5.41, 5.74) is 1.03. The second kappa shape index (κ2) is 6.26. The molecule has 2 N–H and O–H groups in total. The fourth-order valence-electron chi connectivity index (χ4n) is 2.15. The number of hydrogen-bond acceptors (Lipinski definition) is 3. The van der Waals surface area contributed by atoms with Crippen molar-refractivity contribution >= 4 is 17.6 Å². The third kappa shape index (κ3) is 3.61. The molecule has 5 nitrogen and oxygen atoms in total. The molecule has 1 aromatic carbocycles. The topological polar surface area (TPSA) is 75.6 Å². The average Bonchev–Trinajstić information content (AvgIpc) is 3.26. The lowest BCUT2D eigenvalue weighted by molar-refractivity contribution is -0.138. The van der Waals surface area contributed by atoms with Crippen LogP contribution >= 0.6 is 0 Å². The molecule has 1 saturated carbocycles. The summed E-state index contributed by atoms with van der Waals surface area (Å²) < 4.78 is 5.37. The Balaban J connectivity index is 1.97. The van der Waals surface area contributed by atoms with Crippen molar-refractivity contribution < 1.29 is 19.4 Å². The van der Waals surface area contributed by atoms with Crippen molar-refractivity contribution in [2.24, 2.45) is 5.41 Å². The predicted molar refractivity (Wildman–Crippen MR) is 79.3 cm³/mol. The van der Waals surface area contributed by atoms with E-state index in [2.05, 4.69) is 5.32 Å². The number of rotatable bonds is 7. The average molecular weight is 291 g/mol. The highest BCUT2D eigenvalue weighted by Gasteiger charge is 2.50. The standard InChI is InChI=1S/C16H21NO4/c1-3-21-10-16(8-9-16)15(20)17-13-6-4-12(5-7-13)11(2)14(18)19/h4-7,11H,3,8-10H2,1-2H3,(H,17,20)(H,18,19). The van der Waals surface area contributed by atoms with Crippen LogP contribution in [0.2, 0.25) is 0 Å². The summed E-state index contributed by atoms with van der Waals surface area (Å²) in [6.07, 6.45) is 1.71. The van der Waals surface area contributed by atoms with Crippen molar-refractivity contribution in [1.82, 2.24) is 0 Å². The van der Waals surface area contributed by atoms with Crippen LogP contribution in [0, 0.1) is 5.41 Å². The van der Waals surface area contributed by atoms with Crippen molar-refractivity contribution in [3.05, 3.63) is 29.8 Å². The maximum Gasteiger partial charge on any atom is 0.310 e. The second-order valence-electron chi connectivity index (χ2n) is 5.55. The first kappa shape index (κ1) is 15.5. The van der Waals surface area contributed by atoms with E-state index in [4.69, 9.17) is 9.84 Å². The molecule has 5 heteroatoms. The zero-order valence-corrected chi connectivity index (χ0v) is 12.4. The first-order valence-corrected chi connectivity index (χ1v) is 7.20. The van der Waals surface area contributed by atoms with Crippen LogP contribution in [0.4, 0.5) is 5.69 Å². The molecule has 2 rings (SSSR count). The van der Waals surface area contributed by atoms with Crippen molar-refractivity contribution in [2.75, 3.05) is 18.5 Å². The molecule has 0 saturated heterocycles. The van der Waals surface area contributed by atoms with Gasteiger partial charge in [0.1, 0.15) is 0 Å². The zero-order valence-electron chi connectivity index (χ0n) is 12.4. The summed E-state index contributed by atoms with van der Waals surface area (Å²) >= 11 is 0. The molecule has 1 atom stereocenters. The number of anilines is 1. The largest absolute Gasteiger partial charge is 0.481 e. The molecule has 114 valence electrons. The molecule has 0 aliphatic heterocycles. The van der Waals surface area contributed by atoms with Crippen molar-refractivity contribution in [2.45, 2.75) is 32.6 Å². The number of nitrogens with one attached hydrogen (secondary N) is 1. The lowest BCUT2D eigenvalue weighted by atomic mass is 10.0. The summed E-state index contributed by atoms with van der Waals surface area (Å²) in [7, 11) is 0. The third-order valence-electron chi connectivity index (χ3n) is 3.96. The normalized spacial score (nSPS) is 17.0. The van der Waals surface area contributed by atoms with E-state index in [9.17, 15) is 9.59 Å². The van der Waals surface area contributed by atoms with E-state index in [1.165, 1.54) is 0 Å². The number of carbonyl (C=O) groups is 2. The van der Waals surface area contributed by atoms with Crippen LogP contribution in [0.5, 0.6) is 0 Å². The SMILES string of the molecule is CCOCC1(C(=O)Nc2ccc(C(C)C(=O)O)cc2)CC1. The first-order valence-electron chi connectivity index (χ1n) is 7.20. The van der Waals surface area contributed by atoms with Crippen molar-refractivity contribution in [1.29, 1.82) is 0 Å². The zero-order chi connectivity index (χ0) is 15.5. The number of carbonyl (C=O) groups excluding carboxylic acids is 1. The quantitative estimate of drug-likeness (QED) is 0.809. The molecule has 1 aliphatic rings. The van der Waals surface area contributed by atoms with Gasteiger partial charge in [0.05, 0.1) is 17.9 Å². The number of hydrogen-bond donors (Lipinski definition) is 2. The molecule has 1 fully saturated rings. The van der Waals surface area contributed by atoms with Gasteiger partial charge in [-0.15, -0.1) is 0 Å². The van der Waals surface area contributed by atoms with E-state index >= 15 is 0 Å². The molecule has 1 amide bonds. The summed E-state index contributed by atoms with van der Waals surface area (Å²) in [6, 6.07) is 6.94. The van der Waals surface area contributed by atoms with Crippen LogP contribution in [-0.4, -0.2) is 30.2 Å². The van der Waals surface area contributed by atoms with Gasteiger partial charge in [-0.2, -0.15) is 0 Å². The van der Waals surface area contributed by atoms with Crippen LogP contribution < -0.4 is 5.32 Å². The number of aliphatic carboxylic acids is 1. The highest BCUT2D eigenvalue weighted by Crippen LogP contribution is 2.46. The highest BCUT2D eigenvalue weighted by atomic mass is 16.5. The Hall–Kier alpha value is -1.88. The molecular formula is C16H21NO4. The van der Waals surface area contributed by atoms with E-state index in [1.54, 1.807) is 31.2 Å². The van der Waals surface area contributed by atoms with Crippen molar-refractivity contribution in [3.63, 3.8) is 0 Å². The minimum Gasteiger partial charge on any atom is -0.481 e. The van der Waals surface area contributed by atoms with Crippen LogP contribution in [-0.2, 0) is 14.3 Å². The summed E-state index contributed by atoms with van der Waals surface area (Å²) in [6.45, 7) is 4.62. The fourth-order valence-corrected chi connectivity index (χ4v) is 2.15. The summed E-state index contributed by atoms with van der Waals surface area (Å²) in [5.74, 6) is -1.43. The Morgan fingerprint density at radius 2 is 1.95 bits per heavy atom. The van der Waals surface area contributed by atoms with Gasteiger partial charge in [-0.1, -0.05) is 12.1 Å². The number of carboxylic acid groups (broad SMARTS) is 1. The number of ether oxygens (including phenoxy) is 1. The smallest absolute Gasteiger partial charge is 0.310 e. The molecule has 21 heavy (non-hydrogen) atoms. The Bertz CT molecular complexity index is 520. The molecule has 1 aromatic rings. The Kier molecular flexibility index (Phi) is 4.63. The van der Waals surface area contributed by atoms with E-state index in [-0.39, 0.29) is 11.3 Å². The Morgan fingerprint density at radius 1 is 1.33 bits per heavy atom. The number of benzene rings is 1. The van der Waals surface area contributed by atoms with Crippen LogP contribution in [0.15, 0.2) is 24.3 Å². The van der Waals surface area contributed by atoms with Gasteiger partial charge in [0.15, 0.2) is 0 Å². The lowest BCUT2D eigenvalue weighted by Gasteiger charge is -2.15. The van der Waals surface area contributed by atoms with Gasteiger partial charge in [-0.3, -0.25) is 9.59 Å². The van der Waals surface area contributed by atoms with Crippen molar-refractivity contribution in [3.8, 4) is 0 Å². The monoisotopic (exact) mass is 291 g/mol. The molecule has 1 unspecified atom stereocenters. The first-order chi connectivity index (χ1) is 9.98. The van der Waals surface area contributed by atoms with Gasteiger partial charge < -0.3 is 15.2 Å². The number of amides is 1. The van der Waals surface area contributed by atoms with Gasteiger partial charge in [0.25, 0.3) is 0 Å². The molecule has 0 radical (unpaired) electrons. The van der Waals surface area contributed by atoms with Gasteiger partial charge in [-0.05, 0) is 44.4 Å². The second-order valence-corrected chi connectivity index (χ2v) is 5.55. The van der Waals surface area contributed by atoms with Gasteiger partial charge in [0, 0.05) is 12.3 Å². The van der Waals surface area contributed by atoms with Crippen LogP contribution in [0.1, 0.15) is 38.2 Å². The minimum atomic E-state index is -0.861. The highest BCUT2D eigenvalue weighted by molar-refractivity contribution is 5.97. The van der Waals surface area contributed by atoms with E-state index < -0.39 is 11.9 Å². The maximum atomic E-state index is 12.2. The summed E-state index contributed by atoms with van der Waals surface area (Å²) in [4.78, 5) is 23.2. The van der Waals surface area contributed by atoms with E-state index in [0.717, 1.165) is 18.4 Å². The maximum absolute atomic E-state index is 12.2. The molecule has 1 aliphatic carbocycles. The third-order valence-corrected chi connectivity index (χ3v) is 3.96. The van der Waals surface area contributed by atoms with Gasteiger partial charge in [-0.25, -0.2) is 0 Å². The minimum absolute atomic E-state index is 0.0185. The number of carboxylic acids is 1. The van der Waals surface area contributed by atoms with Gasteiger partial charge in [0.2, 0.25) is 5.91 Å². The lowest BCUT2D eigenvalue weighted by Crippen LogP contribution is -2.28. The van der Waals surface area contributed by atoms with E-state index in [0.29, 0.717) is 18.9 Å². The molecular weight excluding hydrogens is 270 g/mol. The molecule has 0 spiro atoms. The molecule has 0 aromatic heterocycles. The fraction of sp³-hybridized carbons (Fsp3) is 0.500. The van der Waals surface area contributed by atoms with Gasteiger partial charge >= 0.3 is 5.97 Å². The summed E-state index contributed by atoms with van der Waals surface area (Å²) in [5, 5.41) is 11.8. The van der Waals surface area contributed by atoms with Crippen LogP contribution in [0.25, 0.3) is 0 Å².